The van der Waals surface area contributed by atoms with Crippen LogP contribution in [0.4, 0.5) is 0 Å². The molecule has 0 aliphatic heterocycles. The van der Waals surface area contributed by atoms with E-state index in [1.54, 1.807) is 13.0 Å². The number of aryl methyl sites for hydroxylation is 2. The van der Waals surface area contributed by atoms with Gasteiger partial charge >= 0.3 is 0 Å². The Balaban J connectivity index is 0.00000420. The number of furan rings is 1. The second-order valence-electron chi connectivity index (χ2n) is 6.90. The minimum Gasteiger partial charge on any atom is -0.463 e. The van der Waals surface area contributed by atoms with Gasteiger partial charge in [-0.2, -0.15) is 0 Å². The van der Waals surface area contributed by atoms with Gasteiger partial charge in [-0.05, 0) is 46.2 Å². The lowest BCUT2D eigenvalue weighted by Gasteiger charge is -2.23. The quantitative estimate of drug-likeness (QED) is 0.190. The standard InChI is InChI=1S/C19H32N6O3.HI/c1-6-27-11-7-10-20-18(21-12-17-24-23-15(3)25(17)5)22-13-19(4,26)16-9-8-14(2)28-16;/h8-9,26H,6-7,10-13H2,1-5H3,(H2,20,21,22);1H. The van der Waals surface area contributed by atoms with Gasteiger partial charge in [0.25, 0.3) is 0 Å². The summed E-state index contributed by atoms with van der Waals surface area (Å²) >= 11 is 0. The molecule has 0 bridgehead atoms. The highest BCUT2D eigenvalue weighted by Crippen LogP contribution is 2.21. The van der Waals surface area contributed by atoms with Crippen LogP contribution < -0.4 is 10.6 Å². The Morgan fingerprint density at radius 2 is 2.07 bits per heavy atom. The first-order valence-corrected chi connectivity index (χ1v) is 9.57. The topological polar surface area (TPSA) is 110 Å². The monoisotopic (exact) mass is 520 g/mol. The fourth-order valence-corrected chi connectivity index (χ4v) is 2.51. The number of nitrogens with one attached hydrogen (secondary N) is 2. The number of hydrogen-bond acceptors (Lipinski definition) is 6. The first kappa shape index (κ1) is 25.4. The SMILES string of the molecule is CCOCCCNC(=NCc1nnc(C)n1C)NCC(C)(O)c1ccc(C)o1.I. The Kier molecular flexibility index (Phi) is 10.6. The highest BCUT2D eigenvalue weighted by molar-refractivity contribution is 14.0. The van der Waals surface area contributed by atoms with Crippen LogP contribution in [0.25, 0.3) is 0 Å². The number of halogens is 1. The van der Waals surface area contributed by atoms with Crippen molar-refractivity contribution >= 4 is 29.9 Å². The maximum atomic E-state index is 10.7. The fraction of sp³-hybridized carbons (Fsp3) is 0.632. The normalized spacial score (nSPS) is 13.7. The first-order valence-electron chi connectivity index (χ1n) is 9.57. The summed E-state index contributed by atoms with van der Waals surface area (Å²) in [5.74, 6) is 3.45. The molecule has 0 aliphatic carbocycles. The molecule has 0 aliphatic rings. The van der Waals surface area contributed by atoms with Crippen LogP contribution in [0.5, 0.6) is 0 Å². The van der Waals surface area contributed by atoms with Crippen LogP contribution in [0.3, 0.4) is 0 Å². The Bertz CT molecular complexity index is 772. The maximum Gasteiger partial charge on any atom is 0.191 e. The largest absolute Gasteiger partial charge is 0.463 e. The van der Waals surface area contributed by atoms with Crippen LogP contribution in [0.1, 0.15) is 43.4 Å². The lowest BCUT2D eigenvalue weighted by atomic mass is 10.0. The van der Waals surface area contributed by atoms with Crippen LogP contribution >= 0.6 is 24.0 Å². The van der Waals surface area contributed by atoms with Crippen molar-refractivity contribution in [2.75, 3.05) is 26.3 Å². The number of ether oxygens (including phenoxy) is 1. The number of hydrogen-bond donors (Lipinski definition) is 3. The third-order valence-electron chi connectivity index (χ3n) is 4.39. The van der Waals surface area contributed by atoms with Crippen LogP contribution in [0, 0.1) is 13.8 Å². The molecule has 2 aromatic rings. The summed E-state index contributed by atoms with van der Waals surface area (Å²) in [6.45, 7) is 10.1. The zero-order chi connectivity index (χ0) is 20.6. The molecule has 2 aromatic heterocycles. The molecular formula is C19H33IN6O3. The second kappa shape index (κ2) is 12.1. The molecule has 29 heavy (non-hydrogen) atoms. The molecule has 3 N–H and O–H groups in total. The number of aliphatic imine (C=N–C) groups is 1. The second-order valence-corrected chi connectivity index (χ2v) is 6.90. The van der Waals surface area contributed by atoms with Crippen LogP contribution in [0.2, 0.25) is 0 Å². The number of aromatic nitrogens is 3. The summed E-state index contributed by atoms with van der Waals surface area (Å²) in [7, 11) is 1.91. The molecule has 0 saturated heterocycles. The molecule has 0 aromatic carbocycles. The number of nitrogens with zero attached hydrogens (tertiary/aromatic N) is 4. The molecule has 1 atom stereocenters. The summed E-state index contributed by atoms with van der Waals surface area (Å²) in [5.41, 5.74) is -1.16. The summed E-state index contributed by atoms with van der Waals surface area (Å²) in [4.78, 5) is 4.58. The molecule has 0 saturated carbocycles. The van der Waals surface area contributed by atoms with Gasteiger partial charge in [-0.1, -0.05) is 0 Å². The molecule has 1 unspecified atom stereocenters. The van der Waals surface area contributed by atoms with Crippen molar-refractivity contribution in [3.8, 4) is 0 Å². The van der Waals surface area contributed by atoms with Gasteiger partial charge in [0, 0.05) is 26.8 Å². The number of guanidine groups is 1. The van der Waals surface area contributed by atoms with E-state index in [1.807, 2.05) is 38.5 Å². The van der Waals surface area contributed by atoms with Gasteiger partial charge in [-0.25, -0.2) is 4.99 Å². The van der Waals surface area contributed by atoms with Crippen molar-refractivity contribution in [1.82, 2.24) is 25.4 Å². The predicted octanol–water partition coefficient (Wildman–Crippen LogP) is 2.01. The zero-order valence-electron chi connectivity index (χ0n) is 17.9. The van der Waals surface area contributed by atoms with Gasteiger partial charge < -0.3 is 29.5 Å². The average Bonchev–Trinajstić information content (AvgIpc) is 3.24. The molecule has 164 valence electrons. The lowest BCUT2D eigenvalue weighted by molar-refractivity contribution is 0.0377. The van der Waals surface area contributed by atoms with E-state index >= 15 is 0 Å². The predicted molar refractivity (Wildman–Crippen MR) is 122 cm³/mol. The van der Waals surface area contributed by atoms with Crippen molar-refractivity contribution in [3.05, 3.63) is 35.3 Å². The molecule has 0 fully saturated rings. The smallest absolute Gasteiger partial charge is 0.191 e. The summed E-state index contributed by atoms with van der Waals surface area (Å²) in [6.07, 6.45) is 0.853. The molecule has 2 rings (SSSR count). The van der Waals surface area contributed by atoms with E-state index in [-0.39, 0.29) is 30.5 Å². The fourth-order valence-electron chi connectivity index (χ4n) is 2.51. The third kappa shape index (κ3) is 7.94. The number of aliphatic hydroxyl groups is 1. The third-order valence-corrected chi connectivity index (χ3v) is 4.39. The van der Waals surface area contributed by atoms with E-state index in [0.717, 1.165) is 23.8 Å². The van der Waals surface area contributed by atoms with Crippen LogP contribution in [0.15, 0.2) is 21.5 Å². The zero-order valence-corrected chi connectivity index (χ0v) is 20.2. The minimum atomic E-state index is -1.16. The highest BCUT2D eigenvalue weighted by Gasteiger charge is 2.27. The Hall–Kier alpha value is -1.66. The van der Waals surface area contributed by atoms with Crippen molar-refractivity contribution in [1.29, 1.82) is 0 Å². The van der Waals surface area contributed by atoms with Gasteiger partial charge in [-0.15, -0.1) is 34.2 Å². The molecule has 9 nitrogen and oxygen atoms in total. The molecule has 0 spiro atoms. The Morgan fingerprint density at radius 3 is 2.66 bits per heavy atom. The van der Waals surface area contributed by atoms with E-state index in [9.17, 15) is 5.11 Å². The van der Waals surface area contributed by atoms with Crippen LogP contribution in [-0.4, -0.2) is 52.1 Å². The average molecular weight is 520 g/mol. The van der Waals surface area contributed by atoms with Gasteiger partial charge in [0.2, 0.25) is 0 Å². The van der Waals surface area contributed by atoms with Gasteiger partial charge in [0.15, 0.2) is 11.8 Å². The summed E-state index contributed by atoms with van der Waals surface area (Å²) in [5, 5.41) is 25.4. The maximum absolute atomic E-state index is 10.7. The van der Waals surface area contributed by atoms with E-state index in [4.69, 9.17) is 9.15 Å². The highest BCUT2D eigenvalue weighted by atomic mass is 127. The van der Waals surface area contributed by atoms with Gasteiger partial charge in [0.05, 0.1) is 6.54 Å². The van der Waals surface area contributed by atoms with Crippen molar-refractivity contribution in [2.45, 2.75) is 46.3 Å². The van der Waals surface area contributed by atoms with E-state index in [1.165, 1.54) is 0 Å². The lowest BCUT2D eigenvalue weighted by Crippen LogP contribution is -2.45. The van der Waals surface area contributed by atoms with E-state index in [2.05, 4.69) is 25.8 Å². The van der Waals surface area contributed by atoms with Gasteiger partial charge in [0.1, 0.15) is 29.5 Å². The molecule has 2 heterocycles. The van der Waals surface area contributed by atoms with Crippen molar-refractivity contribution in [2.24, 2.45) is 12.0 Å². The van der Waals surface area contributed by atoms with E-state index in [0.29, 0.717) is 38.0 Å². The van der Waals surface area contributed by atoms with Gasteiger partial charge in [-0.3, -0.25) is 0 Å². The van der Waals surface area contributed by atoms with Crippen LogP contribution in [-0.2, 0) is 23.9 Å². The van der Waals surface area contributed by atoms with E-state index < -0.39 is 5.60 Å². The van der Waals surface area contributed by atoms with Crippen molar-refractivity contribution in [3.63, 3.8) is 0 Å². The summed E-state index contributed by atoms with van der Waals surface area (Å²) < 4.78 is 12.8. The summed E-state index contributed by atoms with van der Waals surface area (Å²) in [6, 6.07) is 3.62. The van der Waals surface area contributed by atoms with Crippen molar-refractivity contribution < 1.29 is 14.3 Å². The first-order chi connectivity index (χ1) is 13.3. The minimum absolute atomic E-state index is 0. The molecule has 0 amide bonds. The molecular weight excluding hydrogens is 487 g/mol. The Morgan fingerprint density at radius 1 is 1.31 bits per heavy atom. The molecule has 0 radical (unpaired) electrons. The number of rotatable bonds is 10. The Labute approximate surface area is 189 Å². The molecule has 10 heteroatoms.